The van der Waals surface area contributed by atoms with Crippen molar-refractivity contribution in [3.63, 3.8) is 0 Å². The number of nitrogens with two attached hydrogens (primary N) is 1. The van der Waals surface area contributed by atoms with Gasteiger partial charge in [0.25, 0.3) is 0 Å². The first-order valence-corrected chi connectivity index (χ1v) is 4.33. The number of hydrogen-bond donors (Lipinski definition) is 1. The smallest absolute Gasteiger partial charge is 0.307 e. The standard InChI is InChI=1S/C7H10N2O2S/c1-11-6(10)4-5(8)7-9-2-3-12-7/h2-3,5H,4,8H2,1H3/t5-/m0/s1. The molecule has 0 unspecified atom stereocenters. The molecule has 0 saturated carbocycles. The lowest BCUT2D eigenvalue weighted by atomic mass is 10.2. The number of hydrogen-bond acceptors (Lipinski definition) is 5. The number of nitrogens with zero attached hydrogens (tertiary/aromatic N) is 1. The summed E-state index contributed by atoms with van der Waals surface area (Å²) < 4.78 is 4.48. The lowest BCUT2D eigenvalue weighted by Crippen LogP contribution is -2.15. The molecule has 1 atom stereocenters. The van der Waals surface area contributed by atoms with E-state index in [0.29, 0.717) is 0 Å². The van der Waals surface area contributed by atoms with Gasteiger partial charge in [0.05, 0.1) is 19.6 Å². The van der Waals surface area contributed by atoms with Crippen LogP contribution in [0.1, 0.15) is 17.5 Å². The number of carbonyl (C=O) groups excluding carboxylic acids is 1. The molecule has 0 aromatic carbocycles. The Balaban J connectivity index is 2.49. The summed E-state index contributed by atoms with van der Waals surface area (Å²) in [5, 5.41) is 2.59. The van der Waals surface area contributed by atoms with Crippen LogP contribution < -0.4 is 5.73 Å². The number of thiazole rings is 1. The highest BCUT2D eigenvalue weighted by molar-refractivity contribution is 7.09. The van der Waals surface area contributed by atoms with E-state index >= 15 is 0 Å². The molecule has 1 heterocycles. The first-order chi connectivity index (χ1) is 5.74. The Morgan fingerprint density at radius 3 is 3.17 bits per heavy atom. The van der Waals surface area contributed by atoms with Gasteiger partial charge in [0.1, 0.15) is 5.01 Å². The summed E-state index contributed by atoms with van der Waals surface area (Å²) in [6.45, 7) is 0. The summed E-state index contributed by atoms with van der Waals surface area (Å²) in [6.07, 6.45) is 1.85. The average Bonchev–Trinajstić information content (AvgIpc) is 2.56. The van der Waals surface area contributed by atoms with Crippen molar-refractivity contribution in [3.8, 4) is 0 Å². The average molecular weight is 186 g/mol. The first kappa shape index (κ1) is 9.15. The Morgan fingerprint density at radius 1 is 1.92 bits per heavy atom. The quantitative estimate of drug-likeness (QED) is 0.706. The Bertz CT molecular complexity index is 248. The molecule has 1 aromatic heterocycles. The van der Waals surface area contributed by atoms with Crippen LogP contribution in [0.2, 0.25) is 0 Å². The first-order valence-electron chi connectivity index (χ1n) is 3.46. The van der Waals surface area contributed by atoms with Gasteiger partial charge in [-0.3, -0.25) is 4.79 Å². The van der Waals surface area contributed by atoms with Crippen LogP contribution in [0.4, 0.5) is 0 Å². The van der Waals surface area contributed by atoms with Gasteiger partial charge in [-0.05, 0) is 0 Å². The third-order valence-corrected chi connectivity index (χ3v) is 2.29. The Morgan fingerprint density at radius 2 is 2.67 bits per heavy atom. The maximum absolute atomic E-state index is 10.8. The lowest BCUT2D eigenvalue weighted by molar-refractivity contribution is -0.141. The zero-order valence-electron chi connectivity index (χ0n) is 6.69. The molecule has 12 heavy (non-hydrogen) atoms. The van der Waals surface area contributed by atoms with Gasteiger partial charge in [0, 0.05) is 11.6 Å². The van der Waals surface area contributed by atoms with E-state index in [0.717, 1.165) is 5.01 Å². The molecule has 0 saturated heterocycles. The summed E-state index contributed by atoms with van der Waals surface area (Å²) in [5.41, 5.74) is 5.66. The van der Waals surface area contributed by atoms with E-state index < -0.39 is 0 Å². The highest BCUT2D eigenvalue weighted by Crippen LogP contribution is 2.16. The molecule has 1 aromatic rings. The van der Waals surface area contributed by atoms with Gasteiger partial charge in [-0.2, -0.15) is 0 Å². The number of methoxy groups -OCH3 is 1. The highest BCUT2D eigenvalue weighted by atomic mass is 32.1. The van der Waals surface area contributed by atoms with Crippen LogP contribution in [0.5, 0.6) is 0 Å². The molecular formula is C7H10N2O2S. The Hall–Kier alpha value is -0.940. The molecule has 4 nitrogen and oxygen atoms in total. The molecule has 0 fully saturated rings. The largest absolute Gasteiger partial charge is 0.469 e. The summed E-state index contributed by atoms with van der Waals surface area (Å²) in [4.78, 5) is 14.8. The monoisotopic (exact) mass is 186 g/mol. The van der Waals surface area contributed by atoms with Crippen LogP contribution in [0.25, 0.3) is 0 Å². The predicted molar refractivity (Wildman–Crippen MR) is 45.7 cm³/mol. The third-order valence-electron chi connectivity index (χ3n) is 1.38. The molecule has 0 aliphatic rings. The second-order valence-electron chi connectivity index (χ2n) is 2.26. The fourth-order valence-corrected chi connectivity index (χ4v) is 1.41. The number of ether oxygens (including phenoxy) is 1. The molecule has 0 amide bonds. The molecule has 0 aliphatic heterocycles. The fraction of sp³-hybridized carbons (Fsp3) is 0.429. The van der Waals surface area contributed by atoms with Crippen molar-refractivity contribution >= 4 is 17.3 Å². The van der Waals surface area contributed by atoms with E-state index in [1.54, 1.807) is 6.20 Å². The van der Waals surface area contributed by atoms with Crippen molar-refractivity contribution in [2.24, 2.45) is 5.73 Å². The van der Waals surface area contributed by atoms with Gasteiger partial charge in [-0.25, -0.2) is 4.98 Å². The van der Waals surface area contributed by atoms with Crippen LogP contribution in [0.3, 0.4) is 0 Å². The van der Waals surface area contributed by atoms with Crippen LogP contribution >= 0.6 is 11.3 Å². The third kappa shape index (κ3) is 2.28. The number of carbonyl (C=O) groups is 1. The van der Waals surface area contributed by atoms with Crippen molar-refractivity contribution in [1.82, 2.24) is 4.98 Å². The van der Waals surface area contributed by atoms with Crippen molar-refractivity contribution in [3.05, 3.63) is 16.6 Å². The molecule has 0 spiro atoms. The Kier molecular flexibility index (Phi) is 3.19. The minimum absolute atomic E-state index is 0.185. The van der Waals surface area contributed by atoms with Crippen LogP contribution in [0.15, 0.2) is 11.6 Å². The van der Waals surface area contributed by atoms with Gasteiger partial charge in [-0.1, -0.05) is 0 Å². The highest BCUT2D eigenvalue weighted by Gasteiger charge is 2.13. The van der Waals surface area contributed by atoms with E-state index in [-0.39, 0.29) is 18.4 Å². The summed E-state index contributed by atoms with van der Waals surface area (Å²) in [5.74, 6) is -0.308. The molecule has 2 N–H and O–H groups in total. The van der Waals surface area contributed by atoms with E-state index in [1.165, 1.54) is 18.4 Å². The van der Waals surface area contributed by atoms with Crippen LogP contribution in [-0.2, 0) is 9.53 Å². The van der Waals surface area contributed by atoms with Crippen LogP contribution in [0, 0.1) is 0 Å². The molecule has 0 aliphatic carbocycles. The van der Waals surface area contributed by atoms with Gasteiger partial charge < -0.3 is 10.5 Å². The van der Waals surface area contributed by atoms with Crippen LogP contribution in [-0.4, -0.2) is 18.1 Å². The van der Waals surface area contributed by atoms with Crippen molar-refractivity contribution in [2.75, 3.05) is 7.11 Å². The van der Waals surface area contributed by atoms with Crippen molar-refractivity contribution < 1.29 is 9.53 Å². The topological polar surface area (TPSA) is 65.2 Å². The zero-order valence-corrected chi connectivity index (χ0v) is 7.50. The van der Waals surface area contributed by atoms with Gasteiger partial charge in [0.2, 0.25) is 0 Å². The van der Waals surface area contributed by atoms with E-state index in [1.807, 2.05) is 5.38 Å². The Labute approximate surface area is 74.4 Å². The predicted octanol–water partition coefficient (Wildman–Crippen LogP) is 0.706. The maximum Gasteiger partial charge on any atom is 0.307 e. The lowest BCUT2D eigenvalue weighted by Gasteiger charge is -2.05. The minimum atomic E-state index is -0.336. The van der Waals surface area contributed by atoms with E-state index in [4.69, 9.17) is 5.73 Å². The number of rotatable bonds is 3. The second kappa shape index (κ2) is 4.18. The molecule has 5 heteroatoms. The molecule has 1 rings (SSSR count). The summed E-state index contributed by atoms with van der Waals surface area (Å²) >= 11 is 1.44. The van der Waals surface area contributed by atoms with E-state index in [9.17, 15) is 4.79 Å². The fourth-order valence-electron chi connectivity index (χ4n) is 0.768. The number of aromatic nitrogens is 1. The summed E-state index contributed by atoms with van der Waals surface area (Å²) in [7, 11) is 1.34. The van der Waals surface area contributed by atoms with Crippen molar-refractivity contribution in [1.29, 1.82) is 0 Å². The molecule has 0 bridgehead atoms. The van der Waals surface area contributed by atoms with E-state index in [2.05, 4.69) is 9.72 Å². The number of esters is 1. The van der Waals surface area contributed by atoms with Gasteiger partial charge in [-0.15, -0.1) is 11.3 Å². The molecular weight excluding hydrogens is 176 g/mol. The second-order valence-corrected chi connectivity index (χ2v) is 3.18. The minimum Gasteiger partial charge on any atom is -0.469 e. The van der Waals surface area contributed by atoms with Crippen molar-refractivity contribution in [2.45, 2.75) is 12.5 Å². The SMILES string of the molecule is COC(=O)C[C@H](N)c1nccs1. The van der Waals surface area contributed by atoms with Gasteiger partial charge in [0.15, 0.2) is 0 Å². The zero-order chi connectivity index (χ0) is 8.97. The summed E-state index contributed by atoms with van der Waals surface area (Å²) in [6, 6.07) is -0.336. The molecule has 0 radical (unpaired) electrons. The normalized spacial score (nSPS) is 12.5. The maximum atomic E-state index is 10.8. The van der Waals surface area contributed by atoms with Gasteiger partial charge >= 0.3 is 5.97 Å². The molecule has 66 valence electrons.